The van der Waals surface area contributed by atoms with Crippen LogP contribution in [0.15, 0.2) is 97.1 Å². The van der Waals surface area contributed by atoms with Gasteiger partial charge in [0.05, 0.1) is 20.3 Å². The molecule has 3 aliphatic rings. The van der Waals surface area contributed by atoms with Crippen molar-refractivity contribution in [1.82, 2.24) is 0 Å². The molecule has 2 heterocycles. The number of Topliss-reactive ketones (excluding diaryl/α,β-unsaturated/α-hetero) is 3. The molecular formula is C35H26FNO5. The Morgan fingerprint density at radius 1 is 0.833 bits per heavy atom. The van der Waals surface area contributed by atoms with Gasteiger partial charge < -0.3 is 14.4 Å². The second-order valence-electron chi connectivity index (χ2n) is 10.7. The number of halogens is 1. The molecule has 42 heavy (non-hydrogen) atoms. The number of nitrogens with zero attached hydrogens (tertiary/aromatic N) is 1. The molecule has 6 nitrogen and oxygen atoms in total. The van der Waals surface area contributed by atoms with Crippen molar-refractivity contribution in [3.05, 3.63) is 131 Å². The third-order valence-corrected chi connectivity index (χ3v) is 8.89. The molecule has 2 aliphatic heterocycles. The van der Waals surface area contributed by atoms with Crippen LogP contribution in [-0.4, -0.2) is 43.7 Å². The fourth-order valence-corrected chi connectivity index (χ4v) is 7.12. The molecule has 208 valence electrons. The van der Waals surface area contributed by atoms with Crippen LogP contribution in [0, 0.1) is 11.2 Å². The average Bonchev–Trinajstić information content (AvgIpc) is 3.46. The first kappa shape index (κ1) is 25.9. The number of hydrogen-bond acceptors (Lipinski definition) is 6. The molecule has 7 rings (SSSR count). The lowest BCUT2D eigenvalue weighted by Gasteiger charge is -2.37. The standard InChI is InChI=1S/C35H26FNO5/c1-41-23-16-17-26(28(19-23)42-2)30-31(32(38)21-11-14-22(36)15-12-21)37-27-10-6-3-7-20(27)13-18-29(37)35(30)33(39)24-8-4-5-9-25(24)34(35)40/h3-19,29-31H,1-2H3/t29-,30+,31-/m1/s1. The fraction of sp³-hybridized carbons (Fsp3) is 0.171. The Hall–Kier alpha value is -5.04. The van der Waals surface area contributed by atoms with Crippen molar-refractivity contribution in [2.24, 2.45) is 5.41 Å². The molecule has 4 aromatic rings. The summed E-state index contributed by atoms with van der Waals surface area (Å²) in [5, 5.41) is 0. The number of methoxy groups -OCH3 is 2. The van der Waals surface area contributed by atoms with Gasteiger partial charge in [-0.15, -0.1) is 0 Å². The molecule has 0 bridgehead atoms. The third-order valence-electron chi connectivity index (χ3n) is 8.89. The Kier molecular flexibility index (Phi) is 5.87. The summed E-state index contributed by atoms with van der Waals surface area (Å²) in [4.78, 5) is 46.1. The van der Waals surface area contributed by atoms with E-state index in [0.29, 0.717) is 28.2 Å². The molecule has 3 atom stereocenters. The Bertz CT molecular complexity index is 1780. The van der Waals surface area contributed by atoms with E-state index in [-0.39, 0.29) is 22.9 Å². The molecule has 4 aromatic carbocycles. The molecule has 0 unspecified atom stereocenters. The van der Waals surface area contributed by atoms with Gasteiger partial charge >= 0.3 is 0 Å². The smallest absolute Gasteiger partial charge is 0.185 e. The number of benzene rings is 4. The van der Waals surface area contributed by atoms with Gasteiger partial charge in [0.2, 0.25) is 0 Å². The first-order chi connectivity index (χ1) is 20.4. The van der Waals surface area contributed by atoms with E-state index in [1.165, 1.54) is 38.5 Å². The van der Waals surface area contributed by atoms with Crippen LogP contribution in [0.4, 0.5) is 10.1 Å². The van der Waals surface area contributed by atoms with Gasteiger partial charge in [-0.1, -0.05) is 60.7 Å². The highest BCUT2D eigenvalue weighted by molar-refractivity contribution is 6.32. The predicted molar refractivity (Wildman–Crippen MR) is 156 cm³/mol. The molecule has 1 spiro atoms. The molecular weight excluding hydrogens is 533 g/mol. The number of fused-ring (bicyclic) bond motifs is 5. The van der Waals surface area contributed by atoms with Gasteiger partial charge in [0.1, 0.15) is 28.8 Å². The third kappa shape index (κ3) is 3.40. The summed E-state index contributed by atoms with van der Waals surface area (Å²) in [6, 6.07) is 23.2. The molecule has 1 fully saturated rings. The van der Waals surface area contributed by atoms with E-state index in [0.717, 1.165) is 11.3 Å². The fourth-order valence-electron chi connectivity index (χ4n) is 7.12. The summed E-state index contributed by atoms with van der Waals surface area (Å²) in [7, 11) is 3.04. The van der Waals surface area contributed by atoms with Crippen molar-refractivity contribution in [1.29, 1.82) is 0 Å². The van der Waals surface area contributed by atoms with Crippen LogP contribution in [0.25, 0.3) is 6.08 Å². The van der Waals surface area contributed by atoms with E-state index >= 15 is 0 Å². The Morgan fingerprint density at radius 3 is 2.17 bits per heavy atom. The van der Waals surface area contributed by atoms with Gasteiger partial charge in [0.25, 0.3) is 0 Å². The van der Waals surface area contributed by atoms with Gasteiger partial charge in [-0.3, -0.25) is 14.4 Å². The Balaban J connectivity index is 1.57. The van der Waals surface area contributed by atoms with Crippen LogP contribution in [0.3, 0.4) is 0 Å². The summed E-state index contributed by atoms with van der Waals surface area (Å²) in [5.41, 5.74) is 1.40. The van der Waals surface area contributed by atoms with Gasteiger partial charge in [0.15, 0.2) is 17.3 Å². The van der Waals surface area contributed by atoms with E-state index in [9.17, 15) is 18.8 Å². The van der Waals surface area contributed by atoms with E-state index in [2.05, 4.69) is 0 Å². The zero-order valence-corrected chi connectivity index (χ0v) is 22.9. The minimum Gasteiger partial charge on any atom is -0.497 e. The summed E-state index contributed by atoms with van der Waals surface area (Å²) in [6.07, 6.45) is 3.78. The minimum absolute atomic E-state index is 0.275. The van der Waals surface area contributed by atoms with Crippen molar-refractivity contribution in [2.45, 2.75) is 18.0 Å². The zero-order chi connectivity index (χ0) is 29.2. The molecule has 0 N–H and O–H groups in total. The maximum atomic E-state index is 14.7. The van der Waals surface area contributed by atoms with E-state index in [4.69, 9.17) is 9.47 Å². The predicted octanol–water partition coefficient (Wildman–Crippen LogP) is 6.16. The van der Waals surface area contributed by atoms with Gasteiger partial charge in [-0.05, 0) is 42.0 Å². The molecule has 1 saturated heterocycles. The summed E-state index contributed by atoms with van der Waals surface area (Å²) >= 11 is 0. The Labute approximate surface area is 242 Å². The average molecular weight is 560 g/mol. The van der Waals surface area contributed by atoms with E-state index in [1.807, 2.05) is 41.3 Å². The second kappa shape index (κ2) is 9.52. The number of hydrogen-bond donors (Lipinski definition) is 0. The first-order valence-electron chi connectivity index (χ1n) is 13.7. The number of para-hydroxylation sites is 1. The summed E-state index contributed by atoms with van der Waals surface area (Å²) < 4.78 is 25.2. The van der Waals surface area contributed by atoms with Crippen molar-refractivity contribution < 1.29 is 28.2 Å². The lowest BCUT2D eigenvalue weighted by molar-refractivity contribution is 0.0665. The molecule has 0 saturated carbocycles. The maximum absolute atomic E-state index is 14.7. The van der Waals surface area contributed by atoms with E-state index in [1.54, 1.807) is 42.5 Å². The highest BCUT2D eigenvalue weighted by Gasteiger charge is 2.72. The van der Waals surface area contributed by atoms with Crippen LogP contribution in [-0.2, 0) is 0 Å². The van der Waals surface area contributed by atoms with Crippen LogP contribution in [0.2, 0.25) is 0 Å². The number of ketones is 3. The highest BCUT2D eigenvalue weighted by atomic mass is 19.1. The summed E-state index contributed by atoms with van der Waals surface area (Å²) in [6.45, 7) is 0. The van der Waals surface area contributed by atoms with Crippen molar-refractivity contribution in [3.8, 4) is 11.5 Å². The lowest BCUT2D eigenvalue weighted by Crippen LogP contribution is -2.48. The first-order valence-corrected chi connectivity index (χ1v) is 13.7. The van der Waals surface area contributed by atoms with Gasteiger partial charge in [0, 0.05) is 39.9 Å². The quantitative estimate of drug-likeness (QED) is 0.216. The molecule has 1 aliphatic carbocycles. The highest BCUT2D eigenvalue weighted by Crippen LogP contribution is 2.62. The number of carbonyl (C=O) groups excluding carboxylic acids is 3. The molecule has 0 aromatic heterocycles. The number of ether oxygens (including phenoxy) is 2. The normalized spacial score (nSPS) is 21.2. The van der Waals surface area contributed by atoms with E-state index < -0.39 is 29.2 Å². The lowest BCUT2D eigenvalue weighted by atomic mass is 9.64. The van der Waals surface area contributed by atoms with Crippen LogP contribution >= 0.6 is 0 Å². The molecule has 0 radical (unpaired) electrons. The van der Waals surface area contributed by atoms with Crippen molar-refractivity contribution in [2.75, 3.05) is 19.1 Å². The second-order valence-corrected chi connectivity index (χ2v) is 10.7. The Morgan fingerprint density at radius 2 is 1.50 bits per heavy atom. The van der Waals surface area contributed by atoms with Crippen molar-refractivity contribution in [3.63, 3.8) is 0 Å². The minimum atomic E-state index is -1.67. The topological polar surface area (TPSA) is 72.9 Å². The van der Waals surface area contributed by atoms with Crippen molar-refractivity contribution >= 4 is 29.1 Å². The van der Waals surface area contributed by atoms with Gasteiger partial charge in [-0.25, -0.2) is 4.39 Å². The van der Waals surface area contributed by atoms with Crippen LogP contribution in [0.1, 0.15) is 48.1 Å². The SMILES string of the molecule is COc1ccc([C@H]2[C@H](C(=O)c3ccc(F)cc3)N3c4ccccc4C=C[C@@H]3C23C(=O)c2ccccc2C3=O)c(OC)c1. The number of carbonyl (C=O) groups is 3. The molecule has 0 amide bonds. The molecule has 7 heteroatoms. The number of anilines is 1. The van der Waals surface area contributed by atoms with Crippen LogP contribution in [0.5, 0.6) is 11.5 Å². The van der Waals surface area contributed by atoms with Gasteiger partial charge in [-0.2, -0.15) is 0 Å². The number of rotatable bonds is 5. The van der Waals surface area contributed by atoms with Crippen LogP contribution < -0.4 is 14.4 Å². The zero-order valence-electron chi connectivity index (χ0n) is 22.9. The largest absolute Gasteiger partial charge is 0.497 e. The maximum Gasteiger partial charge on any atom is 0.185 e. The summed E-state index contributed by atoms with van der Waals surface area (Å²) in [5.74, 6) is -1.50. The monoisotopic (exact) mass is 559 g/mol.